The highest BCUT2D eigenvalue weighted by Crippen LogP contribution is 2.27. The van der Waals surface area contributed by atoms with Crippen LogP contribution in [-0.2, 0) is 14.3 Å². The molecule has 0 aromatic carbocycles. The van der Waals surface area contributed by atoms with Gasteiger partial charge in [-0.25, -0.2) is 9.59 Å². The van der Waals surface area contributed by atoms with E-state index < -0.39 is 17.7 Å². The van der Waals surface area contributed by atoms with E-state index in [1.807, 2.05) is 20.8 Å². The Morgan fingerprint density at radius 1 is 1.23 bits per heavy atom. The quantitative estimate of drug-likeness (QED) is 0.622. The molecule has 1 rings (SSSR count). The number of hydrogen-bond donors (Lipinski definition) is 1. The molecule has 0 bridgehead atoms. The predicted molar refractivity (Wildman–Crippen MR) is 85.5 cm³/mol. The molecule has 5 heteroatoms. The van der Waals surface area contributed by atoms with Crippen LogP contribution >= 0.6 is 0 Å². The summed E-state index contributed by atoms with van der Waals surface area (Å²) < 4.78 is 9.90. The topological polar surface area (TPSA) is 64.6 Å². The zero-order chi connectivity index (χ0) is 16.6. The molecule has 0 aliphatic heterocycles. The van der Waals surface area contributed by atoms with E-state index in [2.05, 4.69) is 10.1 Å². The Labute approximate surface area is 133 Å². The lowest BCUT2D eigenvalue weighted by Gasteiger charge is -2.27. The van der Waals surface area contributed by atoms with Gasteiger partial charge in [-0.3, -0.25) is 0 Å². The van der Waals surface area contributed by atoms with Crippen LogP contribution < -0.4 is 5.32 Å². The van der Waals surface area contributed by atoms with Gasteiger partial charge in [0.25, 0.3) is 0 Å². The van der Waals surface area contributed by atoms with Gasteiger partial charge in [0.15, 0.2) is 0 Å². The van der Waals surface area contributed by atoms with Gasteiger partial charge in [-0.2, -0.15) is 0 Å². The minimum Gasteiger partial charge on any atom is -0.466 e. The molecule has 1 atom stereocenters. The van der Waals surface area contributed by atoms with E-state index in [-0.39, 0.29) is 6.04 Å². The van der Waals surface area contributed by atoms with E-state index in [1.54, 1.807) is 6.08 Å². The van der Waals surface area contributed by atoms with Crippen molar-refractivity contribution in [2.24, 2.45) is 5.92 Å². The minimum atomic E-state index is -0.536. The Morgan fingerprint density at radius 3 is 2.41 bits per heavy atom. The Bertz CT molecular complexity index is 392. The molecule has 0 aromatic heterocycles. The van der Waals surface area contributed by atoms with E-state index in [1.165, 1.54) is 45.3 Å². The summed E-state index contributed by atoms with van der Waals surface area (Å²) >= 11 is 0. The number of rotatable bonds is 5. The van der Waals surface area contributed by atoms with Crippen molar-refractivity contribution in [1.82, 2.24) is 5.32 Å². The lowest BCUT2D eigenvalue weighted by molar-refractivity contribution is -0.134. The van der Waals surface area contributed by atoms with Gasteiger partial charge in [-0.15, -0.1) is 0 Å². The molecule has 0 saturated heterocycles. The summed E-state index contributed by atoms with van der Waals surface area (Å²) in [5.74, 6) is 0.163. The zero-order valence-corrected chi connectivity index (χ0v) is 14.2. The van der Waals surface area contributed by atoms with Gasteiger partial charge in [-0.05, 0) is 33.1 Å². The summed E-state index contributed by atoms with van der Waals surface area (Å²) in [4.78, 5) is 23.2. The van der Waals surface area contributed by atoms with E-state index >= 15 is 0 Å². The van der Waals surface area contributed by atoms with Crippen LogP contribution in [0.3, 0.4) is 0 Å². The zero-order valence-electron chi connectivity index (χ0n) is 14.2. The molecule has 1 N–H and O–H groups in total. The molecular weight excluding hydrogens is 282 g/mol. The van der Waals surface area contributed by atoms with E-state index in [9.17, 15) is 9.59 Å². The standard InChI is InChI=1S/C17H29NO4/c1-17(2,3)22-16(20)18-14(10-11-15(19)21-4)12-13-8-6-5-7-9-13/h10-11,13-14H,5-9,12H2,1-4H3,(H,18,20)/b11-10-/t14-/m1/s1. The monoisotopic (exact) mass is 311 g/mol. The average molecular weight is 311 g/mol. The molecule has 1 aliphatic rings. The summed E-state index contributed by atoms with van der Waals surface area (Å²) in [5, 5.41) is 2.84. The van der Waals surface area contributed by atoms with Crippen LogP contribution in [0.2, 0.25) is 0 Å². The first-order valence-electron chi connectivity index (χ1n) is 8.06. The van der Waals surface area contributed by atoms with Crippen LogP contribution in [0.5, 0.6) is 0 Å². The van der Waals surface area contributed by atoms with E-state index in [4.69, 9.17) is 4.74 Å². The summed E-state index contributed by atoms with van der Waals surface area (Å²) in [5.41, 5.74) is -0.536. The molecule has 0 heterocycles. The highest BCUT2D eigenvalue weighted by molar-refractivity contribution is 5.82. The molecule has 0 unspecified atom stereocenters. The van der Waals surface area contributed by atoms with Gasteiger partial charge in [0.2, 0.25) is 0 Å². The third-order valence-corrected chi connectivity index (χ3v) is 3.68. The Kier molecular flexibility index (Phi) is 7.42. The second-order valence-electron chi connectivity index (χ2n) is 6.87. The first-order chi connectivity index (χ1) is 10.3. The third-order valence-electron chi connectivity index (χ3n) is 3.68. The fourth-order valence-corrected chi connectivity index (χ4v) is 2.69. The molecule has 22 heavy (non-hydrogen) atoms. The third kappa shape index (κ3) is 8.05. The normalized spacial score (nSPS) is 18.0. The van der Waals surface area contributed by atoms with Gasteiger partial charge in [0.05, 0.1) is 13.2 Å². The molecule has 0 spiro atoms. The number of carbonyl (C=O) groups excluding carboxylic acids is 2. The fourth-order valence-electron chi connectivity index (χ4n) is 2.69. The number of esters is 1. The largest absolute Gasteiger partial charge is 0.466 e. The lowest BCUT2D eigenvalue weighted by Crippen LogP contribution is -2.39. The fraction of sp³-hybridized carbons (Fsp3) is 0.765. The van der Waals surface area contributed by atoms with Crippen molar-refractivity contribution in [2.45, 2.75) is 70.9 Å². The highest BCUT2D eigenvalue weighted by atomic mass is 16.6. The second kappa shape index (κ2) is 8.81. The number of carbonyl (C=O) groups is 2. The number of ether oxygens (including phenoxy) is 2. The number of amides is 1. The van der Waals surface area contributed by atoms with Crippen molar-refractivity contribution in [3.63, 3.8) is 0 Å². The molecule has 5 nitrogen and oxygen atoms in total. The van der Waals surface area contributed by atoms with Crippen molar-refractivity contribution in [2.75, 3.05) is 7.11 Å². The predicted octanol–water partition coefficient (Wildman–Crippen LogP) is 3.58. The van der Waals surface area contributed by atoms with Crippen molar-refractivity contribution in [1.29, 1.82) is 0 Å². The SMILES string of the molecule is COC(=O)/C=C\[C@H](CC1CCCCC1)NC(=O)OC(C)(C)C. The minimum absolute atomic E-state index is 0.211. The number of alkyl carbamates (subject to hydrolysis) is 1. The van der Waals surface area contributed by atoms with Crippen LogP contribution in [0.1, 0.15) is 59.3 Å². The van der Waals surface area contributed by atoms with Crippen molar-refractivity contribution in [3.05, 3.63) is 12.2 Å². The molecule has 1 fully saturated rings. The second-order valence-corrected chi connectivity index (χ2v) is 6.87. The average Bonchev–Trinajstić information content (AvgIpc) is 2.43. The number of hydrogen-bond acceptors (Lipinski definition) is 4. The van der Waals surface area contributed by atoms with Gasteiger partial charge >= 0.3 is 12.1 Å². The molecule has 126 valence electrons. The first-order valence-corrected chi connectivity index (χ1v) is 8.06. The van der Waals surface area contributed by atoms with Crippen LogP contribution in [0.15, 0.2) is 12.2 Å². The van der Waals surface area contributed by atoms with Crippen molar-refractivity contribution < 1.29 is 19.1 Å². The highest BCUT2D eigenvalue weighted by Gasteiger charge is 2.22. The molecule has 1 saturated carbocycles. The molecule has 0 radical (unpaired) electrons. The summed E-state index contributed by atoms with van der Waals surface area (Å²) in [7, 11) is 1.34. The lowest BCUT2D eigenvalue weighted by atomic mass is 9.85. The van der Waals surface area contributed by atoms with Gasteiger partial charge < -0.3 is 14.8 Å². The maximum absolute atomic E-state index is 11.9. The van der Waals surface area contributed by atoms with Crippen LogP contribution in [0, 0.1) is 5.92 Å². The molecular formula is C17H29NO4. The van der Waals surface area contributed by atoms with Crippen LogP contribution in [-0.4, -0.2) is 30.8 Å². The summed E-state index contributed by atoms with van der Waals surface area (Å²) in [6.07, 6.45) is 9.56. The molecule has 1 amide bonds. The smallest absolute Gasteiger partial charge is 0.408 e. The van der Waals surface area contributed by atoms with Gasteiger partial charge in [0, 0.05) is 6.08 Å². The van der Waals surface area contributed by atoms with Crippen molar-refractivity contribution >= 4 is 12.1 Å². The number of methoxy groups -OCH3 is 1. The van der Waals surface area contributed by atoms with E-state index in [0.717, 1.165) is 6.42 Å². The van der Waals surface area contributed by atoms with Gasteiger partial charge in [0.1, 0.15) is 5.60 Å². The van der Waals surface area contributed by atoms with Gasteiger partial charge in [-0.1, -0.05) is 38.2 Å². The van der Waals surface area contributed by atoms with Crippen LogP contribution in [0.4, 0.5) is 4.79 Å². The maximum atomic E-state index is 11.9. The Morgan fingerprint density at radius 2 is 1.86 bits per heavy atom. The van der Waals surface area contributed by atoms with Crippen molar-refractivity contribution in [3.8, 4) is 0 Å². The van der Waals surface area contributed by atoms with Crippen LogP contribution in [0.25, 0.3) is 0 Å². The summed E-state index contributed by atoms with van der Waals surface area (Å²) in [6.45, 7) is 5.48. The van der Waals surface area contributed by atoms with E-state index in [0.29, 0.717) is 5.92 Å². The first kappa shape index (κ1) is 18.5. The molecule has 0 aromatic rings. The molecule has 1 aliphatic carbocycles. The Balaban J connectivity index is 2.61. The summed E-state index contributed by atoms with van der Waals surface area (Å²) in [6, 6.07) is -0.211. The Hall–Kier alpha value is -1.52. The maximum Gasteiger partial charge on any atom is 0.408 e. The number of nitrogens with one attached hydrogen (secondary N) is 1.